The molecule has 2 rings (SSSR count). The Morgan fingerprint density at radius 2 is 1.80 bits per heavy atom. The first-order chi connectivity index (χ1) is 7.10. The number of hydrogen-bond donors (Lipinski definition) is 1. The zero-order chi connectivity index (χ0) is 10.9. The van der Waals surface area contributed by atoms with Crippen LogP contribution in [-0.4, -0.2) is 6.43 Å². The van der Waals surface area contributed by atoms with Gasteiger partial charge in [0.2, 0.25) is 6.43 Å². The number of alkyl halides is 2. The molecule has 1 aromatic carbocycles. The summed E-state index contributed by atoms with van der Waals surface area (Å²) in [5.41, 5.74) is 7.99. The molecule has 0 saturated heterocycles. The summed E-state index contributed by atoms with van der Waals surface area (Å²) in [7, 11) is 0. The first-order valence-electron chi connectivity index (χ1n) is 5.27. The molecule has 0 amide bonds. The topological polar surface area (TPSA) is 26.0 Å². The van der Waals surface area contributed by atoms with Crippen LogP contribution in [0.4, 0.5) is 8.78 Å². The van der Waals surface area contributed by atoms with E-state index in [4.69, 9.17) is 5.73 Å². The molecule has 0 aliphatic heterocycles. The molecule has 0 aromatic heterocycles. The Morgan fingerprint density at radius 1 is 1.20 bits per heavy atom. The minimum Gasteiger partial charge on any atom is -0.321 e. The van der Waals surface area contributed by atoms with Gasteiger partial charge in [0, 0.05) is 12.0 Å². The Kier molecular flexibility index (Phi) is 2.74. The summed E-state index contributed by atoms with van der Waals surface area (Å²) in [5.74, 6) is 0. The van der Waals surface area contributed by atoms with E-state index in [1.165, 1.54) is 0 Å². The summed E-state index contributed by atoms with van der Waals surface area (Å²) >= 11 is 0. The van der Waals surface area contributed by atoms with Crippen LogP contribution in [-0.2, 0) is 12.0 Å². The molecule has 0 heterocycles. The molecular weight excluding hydrogens is 196 g/mol. The van der Waals surface area contributed by atoms with Crippen LogP contribution in [0.3, 0.4) is 0 Å². The molecular formula is C12H15F2N. The molecule has 15 heavy (non-hydrogen) atoms. The number of rotatable bonds is 4. The fourth-order valence-electron chi connectivity index (χ4n) is 1.70. The van der Waals surface area contributed by atoms with Gasteiger partial charge in [0.05, 0.1) is 0 Å². The van der Waals surface area contributed by atoms with Crippen molar-refractivity contribution in [3.63, 3.8) is 0 Å². The predicted octanol–water partition coefficient (Wildman–Crippen LogP) is 2.83. The quantitative estimate of drug-likeness (QED) is 0.814. The van der Waals surface area contributed by atoms with E-state index >= 15 is 0 Å². The molecule has 1 aliphatic carbocycles. The highest BCUT2D eigenvalue weighted by Crippen LogP contribution is 2.42. The second kappa shape index (κ2) is 3.89. The molecule has 0 radical (unpaired) electrons. The molecule has 1 aliphatic rings. The van der Waals surface area contributed by atoms with Crippen LogP contribution in [0, 0.1) is 0 Å². The van der Waals surface area contributed by atoms with E-state index in [9.17, 15) is 8.78 Å². The lowest BCUT2D eigenvalue weighted by molar-refractivity contribution is 0.138. The number of aryl methyl sites for hydroxylation is 1. The summed E-state index contributed by atoms with van der Waals surface area (Å²) < 4.78 is 24.0. The van der Waals surface area contributed by atoms with Crippen molar-refractivity contribution in [2.24, 2.45) is 5.73 Å². The van der Waals surface area contributed by atoms with Crippen LogP contribution < -0.4 is 5.73 Å². The van der Waals surface area contributed by atoms with Crippen molar-refractivity contribution in [1.29, 1.82) is 0 Å². The summed E-state index contributed by atoms with van der Waals surface area (Å²) in [5, 5.41) is 0. The first kappa shape index (κ1) is 10.6. The fourth-order valence-corrected chi connectivity index (χ4v) is 1.70. The lowest BCUT2D eigenvalue weighted by atomic mass is 10.0. The van der Waals surface area contributed by atoms with E-state index in [1.807, 2.05) is 24.3 Å². The minimum atomic E-state index is -2.21. The Morgan fingerprint density at radius 3 is 2.27 bits per heavy atom. The van der Waals surface area contributed by atoms with Crippen LogP contribution in [0.5, 0.6) is 0 Å². The average Bonchev–Trinajstić information content (AvgIpc) is 2.96. The Labute approximate surface area is 88.3 Å². The van der Waals surface area contributed by atoms with E-state index in [0.29, 0.717) is 6.42 Å². The largest absolute Gasteiger partial charge is 0.321 e. The molecule has 1 aromatic rings. The van der Waals surface area contributed by atoms with Gasteiger partial charge in [-0.05, 0) is 30.4 Å². The monoisotopic (exact) mass is 211 g/mol. The molecule has 2 N–H and O–H groups in total. The van der Waals surface area contributed by atoms with Gasteiger partial charge in [-0.3, -0.25) is 0 Å². The van der Waals surface area contributed by atoms with Gasteiger partial charge >= 0.3 is 0 Å². The summed E-state index contributed by atoms with van der Waals surface area (Å²) in [4.78, 5) is 0. The summed E-state index contributed by atoms with van der Waals surface area (Å²) in [6, 6.07) is 7.75. The van der Waals surface area contributed by atoms with Crippen molar-refractivity contribution in [1.82, 2.24) is 0 Å². The molecule has 0 atom stereocenters. The van der Waals surface area contributed by atoms with Gasteiger partial charge in [-0.25, -0.2) is 8.78 Å². The zero-order valence-electron chi connectivity index (χ0n) is 8.55. The molecule has 0 bridgehead atoms. The highest BCUT2D eigenvalue weighted by molar-refractivity contribution is 5.32. The number of halogens is 2. The number of hydrogen-bond acceptors (Lipinski definition) is 1. The third-order valence-corrected chi connectivity index (χ3v) is 2.97. The smallest absolute Gasteiger partial charge is 0.239 e. The van der Waals surface area contributed by atoms with Gasteiger partial charge in [0.15, 0.2) is 0 Å². The fraction of sp³-hybridized carbons (Fsp3) is 0.500. The Balaban J connectivity index is 1.98. The van der Waals surface area contributed by atoms with E-state index in [1.54, 1.807) is 0 Å². The van der Waals surface area contributed by atoms with Gasteiger partial charge in [-0.15, -0.1) is 0 Å². The highest BCUT2D eigenvalue weighted by Gasteiger charge is 2.39. The van der Waals surface area contributed by atoms with E-state index < -0.39 is 6.43 Å². The van der Waals surface area contributed by atoms with Crippen LogP contribution in [0.2, 0.25) is 0 Å². The maximum atomic E-state index is 12.0. The third kappa shape index (κ3) is 2.53. The van der Waals surface area contributed by atoms with Gasteiger partial charge < -0.3 is 5.73 Å². The molecule has 0 unspecified atom stereocenters. The third-order valence-electron chi connectivity index (χ3n) is 2.97. The number of nitrogens with two attached hydrogens (primary N) is 1. The molecule has 3 heteroatoms. The average molecular weight is 211 g/mol. The maximum absolute atomic E-state index is 12.0. The van der Waals surface area contributed by atoms with Crippen LogP contribution in [0.25, 0.3) is 0 Å². The van der Waals surface area contributed by atoms with Gasteiger partial charge in [-0.1, -0.05) is 24.3 Å². The van der Waals surface area contributed by atoms with Crippen molar-refractivity contribution >= 4 is 0 Å². The molecule has 82 valence electrons. The lowest BCUT2D eigenvalue weighted by Crippen LogP contribution is -2.18. The van der Waals surface area contributed by atoms with E-state index in [2.05, 4.69) is 0 Å². The summed E-state index contributed by atoms with van der Waals surface area (Å²) in [6.07, 6.45) is 0.226. The van der Waals surface area contributed by atoms with Crippen molar-refractivity contribution in [2.45, 2.75) is 37.6 Å². The molecule has 0 spiro atoms. The van der Waals surface area contributed by atoms with Crippen molar-refractivity contribution < 1.29 is 8.78 Å². The van der Waals surface area contributed by atoms with Crippen LogP contribution in [0.15, 0.2) is 24.3 Å². The first-order valence-corrected chi connectivity index (χ1v) is 5.27. The van der Waals surface area contributed by atoms with Crippen molar-refractivity contribution in [3.05, 3.63) is 35.4 Å². The minimum absolute atomic E-state index is 0.0624. The van der Waals surface area contributed by atoms with Gasteiger partial charge in [0.25, 0.3) is 0 Å². The maximum Gasteiger partial charge on any atom is 0.239 e. The van der Waals surface area contributed by atoms with Crippen molar-refractivity contribution in [3.8, 4) is 0 Å². The van der Waals surface area contributed by atoms with E-state index in [-0.39, 0.29) is 12.0 Å². The predicted molar refractivity (Wildman–Crippen MR) is 55.9 cm³/mol. The second-order valence-corrected chi connectivity index (χ2v) is 4.28. The standard InChI is InChI=1S/C12H15F2N/c13-11(14)6-3-9-1-4-10(5-2-9)12(15)7-8-12/h1-2,4-5,11H,3,6-8,15H2. The zero-order valence-corrected chi connectivity index (χ0v) is 8.55. The van der Waals surface area contributed by atoms with E-state index in [0.717, 1.165) is 24.0 Å². The van der Waals surface area contributed by atoms with Gasteiger partial charge in [-0.2, -0.15) is 0 Å². The SMILES string of the molecule is NC1(c2ccc(CCC(F)F)cc2)CC1. The van der Waals surface area contributed by atoms with Crippen LogP contribution >= 0.6 is 0 Å². The highest BCUT2D eigenvalue weighted by atomic mass is 19.3. The normalized spacial score (nSPS) is 18.1. The molecule has 1 saturated carbocycles. The van der Waals surface area contributed by atoms with Gasteiger partial charge in [0.1, 0.15) is 0 Å². The Hall–Kier alpha value is -0.960. The summed E-state index contributed by atoms with van der Waals surface area (Å²) in [6.45, 7) is 0. The second-order valence-electron chi connectivity index (χ2n) is 4.28. The lowest BCUT2D eigenvalue weighted by Gasteiger charge is -2.09. The molecule has 1 fully saturated rings. The Bertz CT molecular complexity index is 328. The van der Waals surface area contributed by atoms with Crippen LogP contribution in [0.1, 0.15) is 30.4 Å². The molecule has 1 nitrogen and oxygen atoms in total. The van der Waals surface area contributed by atoms with Crippen molar-refractivity contribution in [2.75, 3.05) is 0 Å². The number of benzene rings is 1.